The summed E-state index contributed by atoms with van der Waals surface area (Å²) < 4.78 is 5.00. The predicted octanol–water partition coefficient (Wildman–Crippen LogP) is 3.43. The van der Waals surface area contributed by atoms with Crippen LogP contribution in [-0.4, -0.2) is 13.0 Å². The van der Waals surface area contributed by atoms with Gasteiger partial charge in [0.1, 0.15) is 0 Å². The van der Waals surface area contributed by atoms with Crippen molar-refractivity contribution in [1.29, 1.82) is 5.39 Å². The van der Waals surface area contributed by atoms with Gasteiger partial charge in [0, 0.05) is 11.3 Å². The smallest absolute Gasteiger partial charge is 0.427 e. The number of hydrogen-bond acceptors (Lipinski definition) is 3. The molecular weight excluding hydrogens is 242 g/mol. The number of benzene rings is 2. The van der Waals surface area contributed by atoms with E-state index in [1.165, 1.54) is 13.2 Å². The number of nitrogens with zero attached hydrogens (tertiary/aromatic N) is 2. The summed E-state index contributed by atoms with van der Waals surface area (Å²) in [4.78, 5) is 15.1. The van der Waals surface area contributed by atoms with Crippen molar-refractivity contribution in [2.45, 2.75) is 0 Å². The molecule has 0 bridgehead atoms. The summed E-state index contributed by atoms with van der Waals surface area (Å²) in [6.07, 6.45) is 0. The van der Waals surface area contributed by atoms with Crippen LogP contribution >= 0.6 is 0 Å². The normalized spacial score (nSPS) is 9.47. The minimum atomic E-state index is -0.279. The average Bonchev–Trinajstić information content (AvgIpc) is 2.47. The number of carbonyl (C=O) groups is 1. The molecule has 0 saturated carbocycles. The highest BCUT2D eigenvalue weighted by Gasteiger charge is 2.18. The Bertz CT molecular complexity index is 633. The first-order chi connectivity index (χ1) is 9.24. The minimum Gasteiger partial charge on any atom is -0.489 e. The third kappa shape index (κ3) is 2.87. The summed E-state index contributed by atoms with van der Waals surface area (Å²) in [6.45, 7) is 0. The largest absolute Gasteiger partial charge is 0.489 e. The van der Waals surface area contributed by atoms with Crippen LogP contribution in [0.4, 0.5) is 11.4 Å². The number of methoxy groups -OCH3 is 1. The lowest BCUT2D eigenvalue weighted by molar-refractivity contribution is 0.102. The Morgan fingerprint density at radius 1 is 1.21 bits per heavy atom. The molecular formula is C14H12N3O2+. The molecule has 19 heavy (non-hydrogen) atoms. The molecule has 94 valence electrons. The molecule has 0 unspecified atom stereocenters. The monoisotopic (exact) mass is 254 g/mol. The van der Waals surface area contributed by atoms with Crippen molar-refractivity contribution < 1.29 is 9.53 Å². The van der Waals surface area contributed by atoms with E-state index in [1.807, 2.05) is 18.2 Å². The van der Waals surface area contributed by atoms with Crippen LogP contribution in [-0.2, 0) is 0 Å². The van der Waals surface area contributed by atoms with Gasteiger partial charge < -0.3 is 10.1 Å². The fourth-order valence-electron chi connectivity index (χ4n) is 1.63. The summed E-state index contributed by atoms with van der Waals surface area (Å²) in [5.41, 5.74) is 1.30. The zero-order valence-electron chi connectivity index (χ0n) is 10.3. The van der Waals surface area contributed by atoms with Gasteiger partial charge in [-0.3, -0.25) is 4.79 Å². The molecule has 0 radical (unpaired) electrons. The SMILES string of the molecule is COc1ccc(C(=O)Nc2ccccc2)cc1[N+]#N. The zero-order valence-corrected chi connectivity index (χ0v) is 10.3. The van der Waals surface area contributed by atoms with Crippen molar-refractivity contribution in [2.75, 3.05) is 12.4 Å². The van der Waals surface area contributed by atoms with Crippen LogP contribution in [0.25, 0.3) is 4.98 Å². The first-order valence-corrected chi connectivity index (χ1v) is 5.64. The summed E-state index contributed by atoms with van der Waals surface area (Å²) in [6, 6.07) is 13.7. The van der Waals surface area contributed by atoms with Gasteiger partial charge in [-0.05, 0) is 24.3 Å². The molecule has 0 fully saturated rings. The fourth-order valence-corrected chi connectivity index (χ4v) is 1.63. The highest BCUT2D eigenvalue weighted by atomic mass is 16.5. The molecule has 0 aliphatic carbocycles. The Hall–Kier alpha value is -2.87. The van der Waals surface area contributed by atoms with Crippen molar-refractivity contribution in [3.8, 4) is 5.75 Å². The lowest BCUT2D eigenvalue weighted by Gasteiger charge is -2.04. The van der Waals surface area contributed by atoms with E-state index in [1.54, 1.807) is 24.3 Å². The Balaban J connectivity index is 2.23. The molecule has 2 rings (SSSR count). The highest BCUT2D eigenvalue weighted by molar-refractivity contribution is 6.05. The summed E-state index contributed by atoms with van der Waals surface area (Å²) in [7, 11) is 1.47. The Morgan fingerprint density at radius 3 is 2.58 bits per heavy atom. The molecule has 5 nitrogen and oxygen atoms in total. The molecule has 0 spiro atoms. The van der Waals surface area contributed by atoms with Crippen LogP contribution in [0.1, 0.15) is 10.4 Å². The van der Waals surface area contributed by atoms with Crippen LogP contribution in [0.5, 0.6) is 5.75 Å². The van der Waals surface area contributed by atoms with Gasteiger partial charge in [0.15, 0.2) is 4.98 Å². The quantitative estimate of drug-likeness (QED) is 0.853. The topological polar surface area (TPSA) is 66.5 Å². The molecule has 0 aliphatic heterocycles. The van der Waals surface area contributed by atoms with Gasteiger partial charge in [0.25, 0.3) is 5.91 Å². The molecule has 0 heterocycles. The molecule has 0 aromatic heterocycles. The number of carbonyl (C=O) groups excluding carboxylic acids is 1. The van der Waals surface area contributed by atoms with E-state index in [0.29, 0.717) is 17.0 Å². The van der Waals surface area contributed by atoms with Gasteiger partial charge in [-0.15, -0.1) is 0 Å². The van der Waals surface area contributed by atoms with E-state index in [2.05, 4.69) is 10.3 Å². The second kappa shape index (κ2) is 5.65. The summed E-state index contributed by atoms with van der Waals surface area (Å²) in [5, 5.41) is 11.6. The number of para-hydroxylation sites is 1. The second-order valence-corrected chi connectivity index (χ2v) is 3.81. The van der Waals surface area contributed by atoms with E-state index < -0.39 is 0 Å². The lowest BCUT2D eigenvalue weighted by Crippen LogP contribution is -2.11. The van der Waals surface area contributed by atoms with Gasteiger partial charge in [-0.25, -0.2) is 0 Å². The molecule has 2 aromatic carbocycles. The van der Waals surface area contributed by atoms with Crippen LogP contribution in [0.2, 0.25) is 0 Å². The molecule has 1 N–H and O–H groups in total. The van der Waals surface area contributed by atoms with Crippen molar-refractivity contribution in [3.63, 3.8) is 0 Å². The van der Waals surface area contributed by atoms with Crippen molar-refractivity contribution >= 4 is 17.3 Å². The van der Waals surface area contributed by atoms with E-state index in [4.69, 9.17) is 10.1 Å². The van der Waals surface area contributed by atoms with E-state index in [0.717, 1.165) is 0 Å². The van der Waals surface area contributed by atoms with Crippen molar-refractivity contribution in [3.05, 3.63) is 59.1 Å². The standard InChI is InChI=1S/C14H11N3O2/c1-19-13-8-7-10(9-12(13)17-15)14(18)16-11-5-3-2-4-6-11/h2-9H,1H3/p+1. The van der Waals surface area contributed by atoms with E-state index in [-0.39, 0.29) is 11.6 Å². The first kappa shape index (κ1) is 12.6. The van der Waals surface area contributed by atoms with E-state index in [9.17, 15) is 4.79 Å². The molecule has 2 aromatic rings. The van der Waals surface area contributed by atoms with Crippen LogP contribution < -0.4 is 10.1 Å². The van der Waals surface area contributed by atoms with Crippen molar-refractivity contribution in [2.24, 2.45) is 0 Å². The number of hydrogen-bond donors (Lipinski definition) is 1. The average molecular weight is 254 g/mol. The van der Waals surface area contributed by atoms with Crippen LogP contribution in [0.3, 0.4) is 0 Å². The van der Waals surface area contributed by atoms with Crippen LogP contribution in [0.15, 0.2) is 48.5 Å². The maximum atomic E-state index is 12.0. The summed E-state index contributed by atoms with van der Waals surface area (Å²) >= 11 is 0. The Kier molecular flexibility index (Phi) is 3.74. The Labute approximate surface area is 110 Å². The third-order valence-corrected chi connectivity index (χ3v) is 2.58. The number of anilines is 1. The maximum absolute atomic E-state index is 12.0. The van der Waals surface area contributed by atoms with Gasteiger partial charge in [-0.2, -0.15) is 0 Å². The third-order valence-electron chi connectivity index (χ3n) is 2.58. The van der Waals surface area contributed by atoms with Gasteiger partial charge in [-0.1, -0.05) is 18.2 Å². The second-order valence-electron chi connectivity index (χ2n) is 3.81. The number of ether oxygens (including phenoxy) is 1. The van der Waals surface area contributed by atoms with Crippen LogP contribution in [0, 0.1) is 5.39 Å². The first-order valence-electron chi connectivity index (χ1n) is 5.64. The predicted molar refractivity (Wildman–Crippen MR) is 72.1 cm³/mol. The van der Waals surface area contributed by atoms with Crippen molar-refractivity contribution in [1.82, 2.24) is 0 Å². The number of nitrogens with one attached hydrogen (secondary N) is 1. The van der Waals surface area contributed by atoms with Gasteiger partial charge in [0.2, 0.25) is 11.1 Å². The molecule has 0 saturated heterocycles. The number of rotatable bonds is 3. The summed E-state index contributed by atoms with van der Waals surface area (Å²) in [5.74, 6) is 0.123. The number of amides is 1. The molecule has 5 heteroatoms. The Morgan fingerprint density at radius 2 is 1.95 bits per heavy atom. The zero-order chi connectivity index (χ0) is 13.7. The van der Waals surface area contributed by atoms with Gasteiger partial charge >= 0.3 is 5.69 Å². The van der Waals surface area contributed by atoms with Gasteiger partial charge in [0.05, 0.1) is 13.2 Å². The number of diazo groups is 1. The highest BCUT2D eigenvalue weighted by Crippen LogP contribution is 2.28. The molecule has 0 atom stereocenters. The van der Waals surface area contributed by atoms with E-state index >= 15 is 0 Å². The minimum absolute atomic E-state index is 0.211. The fraction of sp³-hybridized carbons (Fsp3) is 0.0714. The maximum Gasteiger partial charge on any atom is 0.427 e. The molecule has 1 amide bonds. The molecule has 0 aliphatic rings. The lowest BCUT2D eigenvalue weighted by atomic mass is 10.1.